The van der Waals surface area contributed by atoms with Crippen molar-refractivity contribution in [2.75, 3.05) is 25.5 Å². The van der Waals surface area contributed by atoms with E-state index in [4.69, 9.17) is 14.2 Å². The monoisotopic (exact) mass is 433 g/mol. The van der Waals surface area contributed by atoms with E-state index < -0.39 is 0 Å². The van der Waals surface area contributed by atoms with Crippen molar-refractivity contribution >= 4 is 11.9 Å². The number of anilines is 1. The number of aryl methyl sites for hydroxylation is 1. The van der Waals surface area contributed by atoms with E-state index in [9.17, 15) is 4.79 Å². The number of aromatic nitrogens is 3. The van der Waals surface area contributed by atoms with Gasteiger partial charge in [-0.25, -0.2) is 9.97 Å². The summed E-state index contributed by atoms with van der Waals surface area (Å²) in [5.41, 5.74) is 3.26. The number of para-hydroxylation sites is 1. The van der Waals surface area contributed by atoms with Gasteiger partial charge in [0.15, 0.2) is 5.76 Å². The van der Waals surface area contributed by atoms with Crippen LogP contribution in [0.2, 0.25) is 0 Å². The number of ether oxygens (including phenoxy) is 1. The highest BCUT2D eigenvalue weighted by Crippen LogP contribution is 2.36. The van der Waals surface area contributed by atoms with Gasteiger partial charge in [-0.2, -0.15) is 0 Å². The second-order valence-corrected chi connectivity index (χ2v) is 8.51. The number of methoxy groups -OCH3 is 1. The predicted octanol–water partition coefficient (Wildman–Crippen LogP) is 4.04. The SMILES string of the molecule is COc1ccccc1C(=O)N1CCC(c2nc(NC3CC3)ncc2-c2cc(C)no2)CC1. The minimum atomic E-state index is 0.00533. The van der Waals surface area contributed by atoms with Crippen LogP contribution in [0.1, 0.15) is 53.3 Å². The van der Waals surface area contributed by atoms with Crippen molar-refractivity contribution in [1.82, 2.24) is 20.0 Å². The molecule has 2 aliphatic rings. The van der Waals surface area contributed by atoms with Gasteiger partial charge in [0.05, 0.1) is 29.6 Å². The highest BCUT2D eigenvalue weighted by molar-refractivity contribution is 5.97. The summed E-state index contributed by atoms with van der Waals surface area (Å²) >= 11 is 0. The summed E-state index contributed by atoms with van der Waals surface area (Å²) in [7, 11) is 1.59. The van der Waals surface area contributed by atoms with E-state index in [1.165, 1.54) is 0 Å². The number of amides is 1. The lowest BCUT2D eigenvalue weighted by molar-refractivity contribution is 0.0709. The lowest BCUT2D eigenvalue weighted by atomic mass is 9.90. The number of nitrogens with one attached hydrogen (secondary N) is 1. The average molecular weight is 434 g/mol. The number of hydrogen-bond donors (Lipinski definition) is 1. The number of piperidine rings is 1. The molecule has 1 aromatic carbocycles. The number of hydrogen-bond acceptors (Lipinski definition) is 7. The second-order valence-electron chi connectivity index (χ2n) is 8.51. The normalized spacial score (nSPS) is 16.8. The van der Waals surface area contributed by atoms with Gasteiger partial charge in [0.1, 0.15) is 5.75 Å². The Morgan fingerprint density at radius 3 is 2.66 bits per heavy atom. The van der Waals surface area contributed by atoms with Crippen molar-refractivity contribution in [1.29, 1.82) is 0 Å². The maximum atomic E-state index is 13.1. The van der Waals surface area contributed by atoms with Gasteiger partial charge < -0.3 is 19.5 Å². The highest BCUT2D eigenvalue weighted by atomic mass is 16.5. The molecule has 2 aromatic heterocycles. The van der Waals surface area contributed by atoms with Crippen molar-refractivity contribution in [3.8, 4) is 17.1 Å². The van der Waals surface area contributed by atoms with E-state index in [1.807, 2.05) is 48.4 Å². The first-order chi connectivity index (χ1) is 15.6. The molecule has 0 radical (unpaired) electrons. The van der Waals surface area contributed by atoms with Crippen LogP contribution in [0.15, 0.2) is 41.1 Å². The molecule has 0 bridgehead atoms. The van der Waals surface area contributed by atoms with Crippen LogP contribution in [0.25, 0.3) is 11.3 Å². The third-order valence-electron chi connectivity index (χ3n) is 6.13. The fraction of sp³-hybridized carbons (Fsp3) is 0.417. The number of benzene rings is 1. The van der Waals surface area contributed by atoms with Crippen LogP contribution in [-0.4, -0.2) is 52.2 Å². The molecule has 32 heavy (non-hydrogen) atoms. The summed E-state index contributed by atoms with van der Waals surface area (Å²) in [5, 5.41) is 7.43. The van der Waals surface area contributed by atoms with E-state index in [1.54, 1.807) is 7.11 Å². The van der Waals surface area contributed by atoms with E-state index in [0.29, 0.717) is 42.2 Å². The van der Waals surface area contributed by atoms with Crippen molar-refractivity contribution < 1.29 is 14.1 Å². The van der Waals surface area contributed by atoms with Crippen LogP contribution >= 0.6 is 0 Å². The number of carbonyl (C=O) groups is 1. The Balaban J connectivity index is 1.36. The molecule has 1 aliphatic heterocycles. The Morgan fingerprint density at radius 2 is 1.97 bits per heavy atom. The Morgan fingerprint density at radius 1 is 1.19 bits per heavy atom. The zero-order valence-electron chi connectivity index (χ0n) is 18.4. The first-order valence-electron chi connectivity index (χ1n) is 11.1. The van der Waals surface area contributed by atoms with Crippen LogP contribution in [0.4, 0.5) is 5.95 Å². The highest BCUT2D eigenvalue weighted by Gasteiger charge is 2.30. The first-order valence-corrected chi connectivity index (χ1v) is 11.1. The summed E-state index contributed by atoms with van der Waals surface area (Å²) < 4.78 is 10.9. The summed E-state index contributed by atoms with van der Waals surface area (Å²) in [6, 6.07) is 9.76. The van der Waals surface area contributed by atoms with E-state index in [0.717, 1.165) is 42.6 Å². The van der Waals surface area contributed by atoms with Gasteiger partial charge in [-0.1, -0.05) is 17.3 Å². The zero-order chi connectivity index (χ0) is 22.1. The van der Waals surface area contributed by atoms with Gasteiger partial charge in [-0.3, -0.25) is 4.79 Å². The van der Waals surface area contributed by atoms with Crippen LogP contribution in [0.5, 0.6) is 5.75 Å². The first kappa shape index (κ1) is 20.5. The third kappa shape index (κ3) is 4.17. The van der Waals surface area contributed by atoms with E-state index in [2.05, 4.69) is 15.5 Å². The lowest BCUT2D eigenvalue weighted by Gasteiger charge is -2.32. The van der Waals surface area contributed by atoms with Gasteiger partial charge in [0.2, 0.25) is 5.95 Å². The topological polar surface area (TPSA) is 93.4 Å². The molecule has 8 heteroatoms. The quantitative estimate of drug-likeness (QED) is 0.627. The molecule has 3 aromatic rings. The maximum absolute atomic E-state index is 13.1. The predicted molar refractivity (Wildman–Crippen MR) is 120 cm³/mol. The summed E-state index contributed by atoms with van der Waals surface area (Å²) in [6.07, 6.45) is 5.79. The fourth-order valence-electron chi connectivity index (χ4n) is 4.21. The van der Waals surface area contributed by atoms with Gasteiger partial charge in [-0.15, -0.1) is 0 Å². The Bertz CT molecular complexity index is 1120. The molecule has 1 saturated heterocycles. The largest absolute Gasteiger partial charge is 0.496 e. The fourth-order valence-corrected chi connectivity index (χ4v) is 4.21. The molecule has 2 fully saturated rings. The molecular formula is C24H27N5O3. The summed E-state index contributed by atoms with van der Waals surface area (Å²) in [6.45, 7) is 3.22. The Hall–Kier alpha value is -3.42. The van der Waals surface area contributed by atoms with Crippen molar-refractivity contribution in [3.63, 3.8) is 0 Å². The number of rotatable bonds is 6. The van der Waals surface area contributed by atoms with Gasteiger partial charge in [0, 0.05) is 37.3 Å². The molecule has 1 amide bonds. The summed E-state index contributed by atoms with van der Waals surface area (Å²) in [4.78, 5) is 24.4. The molecule has 0 atom stereocenters. The van der Waals surface area contributed by atoms with Crippen LogP contribution in [-0.2, 0) is 0 Å². The third-order valence-corrected chi connectivity index (χ3v) is 6.13. The molecule has 0 unspecified atom stereocenters. The Kier molecular flexibility index (Phi) is 5.51. The second kappa shape index (κ2) is 8.61. The Labute approximate surface area is 187 Å². The number of carbonyl (C=O) groups excluding carboxylic acids is 1. The molecule has 0 spiro atoms. The number of nitrogens with zero attached hydrogens (tertiary/aromatic N) is 4. The average Bonchev–Trinajstić information content (AvgIpc) is 3.55. The maximum Gasteiger partial charge on any atom is 0.257 e. The molecule has 8 nitrogen and oxygen atoms in total. The molecule has 1 N–H and O–H groups in total. The van der Waals surface area contributed by atoms with Gasteiger partial charge >= 0.3 is 0 Å². The van der Waals surface area contributed by atoms with Gasteiger partial charge in [0.25, 0.3) is 5.91 Å². The minimum Gasteiger partial charge on any atom is -0.496 e. The summed E-state index contributed by atoms with van der Waals surface area (Å²) in [5.74, 6) is 2.16. The van der Waals surface area contributed by atoms with E-state index >= 15 is 0 Å². The van der Waals surface area contributed by atoms with Crippen LogP contribution in [0, 0.1) is 6.92 Å². The molecule has 3 heterocycles. The van der Waals surface area contributed by atoms with Crippen molar-refractivity contribution in [3.05, 3.63) is 53.5 Å². The van der Waals surface area contributed by atoms with Crippen molar-refractivity contribution in [2.45, 2.75) is 44.6 Å². The number of likely N-dealkylation sites (tertiary alicyclic amines) is 1. The van der Waals surface area contributed by atoms with Gasteiger partial charge in [-0.05, 0) is 44.7 Å². The van der Waals surface area contributed by atoms with Crippen molar-refractivity contribution in [2.24, 2.45) is 0 Å². The molecule has 5 rings (SSSR count). The molecule has 1 saturated carbocycles. The smallest absolute Gasteiger partial charge is 0.257 e. The minimum absolute atomic E-state index is 0.00533. The van der Waals surface area contributed by atoms with Crippen LogP contribution < -0.4 is 10.1 Å². The molecular weight excluding hydrogens is 406 g/mol. The van der Waals surface area contributed by atoms with E-state index in [-0.39, 0.29) is 11.8 Å². The molecule has 1 aliphatic carbocycles. The standard InChI is InChI=1S/C24H27N5O3/c1-15-13-21(32-28-15)19-14-25-24(26-17-7-8-17)27-22(19)16-9-11-29(12-10-16)23(30)18-5-3-4-6-20(18)31-2/h3-6,13-14,16-17H,7-12H2,1-2H3,(H,25,26,27). The van der Waals surface area contributed by atoms with Crippen LogP contribution in [0.3, 0.4) is 0 Å². The zero-order valence-corrected chi connectivity index (χ0v) is 18.4. The lowest BCUT2D eigenvalue weighted by Crippen LogP contribution is -2.38. The molecule has 166 valence electrons.